The number of aliphatic imine (C=N–C) groups is 2. The van der Waals surface area contributed by atoms with Crippen LogP contribution in [-0.2, 0) is 0 Å². The van der Waals surface area contributed by atoms with Gasteiger partial charge in [0.1, 0.15) is 5.54 Å². The lowest BCUT2D eigenvalue weighted by molar-refractivity contribution is 0.385. The second kappa shape index (κ2) is 8.97. The largest absolute Gasteiger partial charge is 0.307 e. The molecule has 0 amide bonds. The smallest absolute Gasteiger partial charge is 0.170 e. The van der Waals surface area contributed by atoms with Crippen molar-refractivity contribution in [2.24, 2.45) is 9.98 Å². The van der Waals surface area contributed by atoms with E-state index in [2.05, 4.69) is 41.5 Å². The molecule has 1 aliphatic carbocycles. The Hall–Kier alpha value is -1.05. The molecular weight excluding hydrogens is 489 g/mol. The summed E-state index contributed by atoms with van der Waals surface area (Å²) in [6.07, 6.45) is 7.94. The van der Waals surface area contributed by atoms with Crippen molar-refractivity contribution in [3.8, 4) is 0 Å². The summed E-state index contributed by atoms with van der Waals surface area (Å²) in [7, 11) is 0. The van der Waals surface area contributed by atoms with Crippen molar-refractivity contribution >= 4 is 69.7 Å². The average Bonchev–Trinajstić information content (AvgIpc) is 2.96. The van der Waals surface area contributed by atoms with Gasteiger partial charge < -0.3 is 4.90 Å². The van der Waals surface area contributed by atoms with Crippen molar-refractivity contribution in [3.05, 3.63) is 59.6 Å². The number of anilines is 1. The topological polar surface area (TPSA) is 28.0 Å². The second-order valence-electron chi connectivity index (χ2n) is 6.78. The number of benzene rings is 2. The monoisotopic (exact) mass is 511 g/mol. The van der Waals surface area contributed by atoms with Gasteiger partial charge in [0.2, 0.25) is 0 Å². The Kier molecular flexibility index (Phi) is 6.87. The van der Waals surface area contributed by atoms with Crippen molar-refractivity contribution < 1.29 is 0 Å². The fraction of sp³-hybridized carbons (Fsp3) is 0.333. The molecule has 0 unspecified atom stereocenters. The summed E-state index contributed by atoms with van der Waals surface area (Å²) in [5, 5.41) is 1.73. The molecule has 0 radical (unpaired) electrons. The normalized spacial score (nSPS) is 19.9. The maximum absolute atomic E-state index is 6.17. The average molecular weight is 512 g/mol. The lowest BCUT2D eigenvalue weighted by Gasteiger charge is -2.42. The van der Waals surface area contributed by atoms with Gasteiger partial charge >= 0.3 is 0 Å². The van der Waals surface area contributed by atoms with Crippen molar-refractivity contribution in [2.75, 3.05) is 11.2 Å². The quantitative estimate of drug-likeness (QED) is 0.409. The number of thioether (sulfide) groups is 1. The van der Waals surface area contributed by atoms with E-state index in [0.29, 0.717) is 5.02 Å². The van der Waals surface area contributed by atoms with Gasteiger partial charge in [-0.05, 0) is 49.4 Å². The Balaban J connectivity index is 0.00000210. The molecule has 2 aliphatic rings. The summed E-state index contributed by atoms with van der Waals surface area (Å²) in [6.45, 7) is 0. The molecule has 142 valence electrons. The summed E-state index contributed by atoms with van der Waals surface area (Å²) in [4.78, 5) is 12.4. The van der Waals surface area contributed by atoms with Crippen LogP contribution in [0.2, 0.25) is 5.02 Å². The number of halogens is 2. The Labute approximate surface area is 187 Å². The third kappa shape index (κ3) is 4.05. The molecule has 1 saturated carbocycles. The molecule has 1 heterocycles. The first-order chi connectivity index (χ1) is 12.7. The molecule has 0 aromatic heterocycles. The Morgan fingerprint density at radius 1 is 1.04 bits per heavy atom. The predicted molar refractivity (Wildman–Crippen MR) is 130 cm³/mol. The van der Waals surface area contributed by atoms with E-state index in [-0.39, 0.29) is 29.5 Å². The highest BCUT2D eigenvalue weighted by molar-refractivity contribution is 14.0. The van der Waals surface area contributed by atoms with E-state index in [9.17, 15) is 0 Å². The second-order valence-corrected chi connectivity index (χ2v) is 7.99. The van der Waals surface area contributed by atoms with Crippen molar-refractivity contribution in [3.63, 3.8) is 0 Å². The van der Waals surface area contributed by atoms with E-state index in [4.69, 9.17) is 21.6 Å². The maximum atomic E-state index is 6.17. The molecule has 0 atom stereocenters. The zero-order chi connectivity index (χ0) is 18.0. The predicted octanol–water partition coefficient (Wildman–Crippen LogP) is 6.93. The molecule has 1 spiro atoms. The van der Waals surface area contributed by atoms with Gasteiger partial charge in [-0.25, -0.2) is 9.98 Å². The molecule has 0 N–H and O–H groups in total. The van der Waals surface area contributed by atoms with Crippen LogP contribution in [0, 0.1) is 0 Å². The first-order valence-electron chi connectivity index (χ1n) is 9.06. The minimum absolute atomic E-state index is 0. The van der Waals surface area contributed by atoms with Crippen LogP contribution in [0.15, 0.2) is 64.6 Å². The highest BCUT2D eigenvalue weighted by Gasteiger charge is 2.49. The SMILES string of the molecule is CSC1=NC(=Nc2cccc(Cl)c2)C2(CCCCC2)N1c1ccccc1.I. The fourth-order valence-corrected chi connectivity index (χ4v) is 4.81. The molecule has 1 aliphatic heterocycles. The van der Waals surface area contributed by atoms with Gasteiger partial charge in [-0.1, -0.05) is 66.9 Å². The molecule has 3 nitrogen and oxygen atoms in total. The number of hydrogen-bond acceptors (Lipinski definition) is 3. The Morgan fingerprint density at radius 2 is 1.78 bits per heavy atom. The van der Waals surface area contributed by atoms with Crippen LogP contribution in [-0.4, -0.2) is 22.8 Å². The van der Waals surface area contributed by atoms with Crippen LogP contribution >= 0.6 is 47.3 Å². The van der Waals surface area contributed by atoms with E-state index in [1.165, 1.54) is 24.9 Å². The van der Waals surface area contributed by atoms with E-state index in [1.807, 2.05) is 24.3 Å². The summed E-state index contributed by atoms with van der Waals surface area (Å²) in [5.41, 5.74) is 1.91. The minimum atomic E-state index is -0.153. The van der Waals surface area contributed by atoms with Gasteiger partial charge in [0, 0.05) is 10.7 Å². The first-order valence-corrected chi connectivity index (χ1v) is 10.7. The van der Waals surface area contributed by atoms with Crippen molar-refractivity contribution in [1.29, 1.82) is 0 Å². The molecular formula is C21H23ClIN3S. The zero-order valence-corrected chi connectivity index (χ0v) is 19.2. The standard InChI is InChI=1S/C21H22ClN3S.HI/c1-26-20-24-19(23-17-10-8-9-16(22)15-17)21(13-6-3-7-14-21)25(20)18-11-4-2-5-12-18;/h2,4-5,8-12,15H,3,6-7,13-14H2,1H3;1H. The Bertz CT molecular complexity index is 848. The van der Waals surface area contributed by atoms with Crippen LogP contribution < -0.4 is 4.90 Å². The molecule has 2 aromatic carbocycles. The molecule has 27 heavy (non-hydrogen) atoms. The summed E-state index contributed by atoms with van der Waals surface area (Å²) in [5.74, 6) is 0.924. The summed E-state index contributed by atoms with van der Waals surface area (Å²) < 4.78 is 0. The lowest BCUT2D eigenvalue weighted by Crippen LogP contribution is -2.52. The van der Waals surface area contributed by atoms with E-state index in [0.717, 1.165) is 29.5 Å². The van der Waals surface area contributed by atoms with E-state index < -0.39 is 0 Å². The van der Waals surface area contributed by atoms with Gasteiger partial charge in [-0.3, -0.25) is 0 Å². The van der Waals surface area contributed by atoms with Crippen LogP contribution in [0.3, 0.4) is 0 Å². The lowest BCUT2D eigenvalue weighted by atomic mass is 9.79. The molecule has 1 fully saturated rings. The number of rotatable bonds is 2. The fourth-order valence-electron chi connectivity index (χ4n) is 3.98. The summed E-state index contributed by atoms with van der Waals surface area (Å²) in [6, 6.07) is 18.3. The van der Waals surface area contributed by atoms with Crippen molar-refractivity contribution in [1.82, 2.24) is 0 Å². The van der Waals surface area contributed by atoms with Crippen LogP contribution in [0.1, 0.15) is 32.1 Å². The highest BCUT2D eigenvalue weighted by atomic mass is 127. The Morgan fingerprint density at radius 3 is 2.44 bits per heavy atom. The number of para-hydroxylation sites is 1. The maximum Gasteiger partial charge on any atom is 0.170 e. The van der Waals surface area contributed by atoms with Gasteiger partial charge in [0.15, 0.2) is 11.0 Å². The van der Waals surface area contributed by atoms with E-state index >= 15 is 0 Å². The first kappa shape index (κ1) is 20.7. The molecule has 6 heteroatoms. The molecule has 2 aromatic rings. The van der Waals surface area contributed by atoms with Crippen molar-refractivity contribution in [2.45, 2.75) is 37.6 Å². The van der Waals surface area contributed by atoms with Gasteiger partial charge in [0.25, 0.3) is 0 Å². The highest BCUT2D eigenvalue weighted by Crippen LogP contribution is 2.44. The number of nitrogens with zero attached hydrogens (tertiary/aromatic N) is 3. The van der Waals surface area contributed by atoms with Crippen LogP contribution in [0.4, 0.5) is 11.4 Å². The number of hydrogen-bond donors (Lipinski definition) is 0. The van der Waals surface area contributed by atoms with Gasteiger partial charge in [0.05, 0.1) is 5.69 Å². The van der Waals surface area contributed by atoms with Gasteiger partial charge in [-0.2, -0.15) is 0 Å². The third-order valence-electron chi connectivity index (χ3n) is 5.16. The van der Waals surface area contributed by atoms with Crippen LogP contribution in [0.25, 0.3) is 0 Å². The number of amidine groups is 2. The van der Waals surface area contributed by atoms with Gasteiger partial charge in [-0.15, -0.1) is 24.0 Å². The van der Waals surface area contributed by atoms with E-state index in [1.54, 1.807) is 11.8 Å². The zero-order valence-electron chi connectivity index (χ0n) is 15.3. The molecule has 0 bridgehead atoms. The summed E-state index contributed by atoms with van der Waals surface area (Å²) >= 11 is 7.86. The molecule has 4 rings (SSSR count). The minimum Gasteiger partial charge on any atom is -0.307 e. The third-order valence-corrected chi connectivity index (χ3v) is 6.03. The van der Waals surface area contributed by atoms with Crippen LogP contribution in [0.5, 0.6) is 0 Å². The molecule has 0 saturated heterocycles.